The molecule has 0 aliphatic carbocycles. The third kappa shape index (κ3) is 0.684. The van der Waals surface area contributed by atoms with Gasteiger partial charge in [-0.25, -0.2) is 0 Å². The first kappa shape index (κ1) is 2.31. The second-order valence-corrected chi connectivity index (χ2v) is 1.28. The molecule has 0 fully saturated rings. The SMILES string of the molecule is [2H]C([2H])([2H])c1cc(C#N)n[nH]1. The van der Waals surface area contributed by atoms with Crippen molar-refractivity contribution in [2.24, 2.45) is 0 Å². The second kappa shape index (κ2) is 1.66. The molecule has 3 nitrogen and oxygen atoms in total. The number of aromatic nitrogens is 2. The maximum absolute atomic E-state index is 8.30. The summed E-state index contributed by atoms with van der Waals surface area (Å²) >= 11 is 0. The third-order valence-electron chi connectivity index (χ3n) is 0.692. The number of nitriles is 1. The molecular formula is C5H5N3. The Labute approximate surface area is 51.2 Å². The lowest BCUT2D eigenvalue weighted by molar-refractivity contribution is 1.03. The molecule has 1 rings (SSSR count). The Kier molecular flexibility index (Phi) is 0.481. The topological polar surface area (TPSA) is 52.5 Å². The largest absolute Gasteiger partial charge is 0.282 e. The molecule has 0 saturated heterocycles. The lowest BCUT2D eigenvalue weighted by Gasteiger charge is -1.67. The van der Waals surface area contributed by atoms with E-state index >= 15 is 0 Å². The van der Waals surface area contributed by atoms with E-state index in [1.807, 2.05) is 0 Å². The first-order valence-electron chi connectivity index (χ1n) is 3.50. The maximum atomic E-state index is 8.30. The summed E-state index contributed by atoms with van der Waals surface area (Å²) in [4.78, 5) is 0. The van der Waals surface area contributed by atoms with Crippen LogP contribution in [0.15, 0.2) is 6.07 Å². The number of rotatable bonds is 0. The standard InChI is InChI=1S/C5H5N3/c1-4-2-5(3-6)8-7-4/h2H,1H3,(H,7,8)/i1D3. The monoisotopic (exact) mass is 110 g/mol. The molecule has 0 amide bonds. The van der Waals surface area contributed by atoms with E-state index in [9.17, 15) is 0 Å². The average molecular weight is 110 g/mol. The van der Waals surface area contributed by atoms with Crippen LogP contribution in [0.1, 0.15) is 15.5 Å². The van der Waals surface area contributed by atoms with Crippen LogP contribution in [-0.2, 0) is 0 Å². The van der Waals surface area contributed by atoms with Crippen molar-refractivity contribution in [2.75, 3.05) is 0 Å². The molecule has 1 heterocycles. The van der Waals surface area contributed by atoms with Crippen LogP contribution < -0.4 is 0 Å². The van der Waals surface area contributed by atoms with E-state index in [1.165, 1.54) is 6.07 Å². The molecule has 0 atom stereocenters. The highest BCUT2D eigenvalue weighted by molar-refractivity contribution is 5.20. The Morgan fingerprint density at radius 1 is 2.12 bits per heavy atom. The van der Waals surface area contributed by atoms with Gasteiger partial charge < -0.3 is 0 Å². The summed E-state index contributed by atoms with van der Waals surface area (Å²) in [7, 11) is 0. The molecule has 0 aliphatic rings. The average Bonchev–Trinajstić information content (AvgIpc) is 2.32. The predicted molar refractivity (Wildman–Crippen MR) is 28.0 cm³/mol. The molecule has 1 N–H and O–H groups in total. The van der Waals surface area contributed by atoms with Gasteiger partial charge in [0, 0.05) is 9.81 Å². The Hall–Kier alpha value is -1.30. The van der Waals surface area contributed by atoms with E-state index in [4.69, 9.17) is 9.37 Å². The lowest BCUT2D eigenvalue weighted by Crippen LogP contribution is -1.69. The second-order valence-electron chi connectivity index (χ2n) is 1.28. The van der Waals surface area contributed by atoms with Gasteiger partial charge in [0.2, 0.25) is 0 Å². The fourth-order valence-electron chi connectivity index (χ4n) is 0.379. The summed E-state index contributed by atoms with van der Waals surface area (Å²) in [6.45, 7) is -2.21. The van der Waals surface area contributed by atoms with Gasteiger partial charge in [0.1, 0.15) is 6.07 Å². The van der Waals surface area contributed by atoms with Crippen LogP contribution in [0.2, 0.25) is 0 Å². The minimum Gasteiger partial charge on any atom is -0.282 e. The van der Waals surface area contributed by atoms with Gasteiger partial charge in [-0.3, -0.25) is 5.10 Å². The van der Waals surface area contributed by atoms with Crippen molar-refractivity contribution in [1.29, 1.82) is 5.26 Å². The van der Waals surface area contributed by atoms with Crippen molar-refractivity contribution in [1.82, 2.24) is 10.2 Å². The fourth-order valence-corrected chi connectivity index (χ4v) is 0.379. The van der Waals surface area contributed by atoms with Gasteiger partial charge in [-0.05, 0) is 12.9 Å². The van der Waals surface area contributed by atoms with Crippen LogP contribution in [-0.4, -0.2) is 10.2 Å². The van der Waals surface area contributed by atoms with Gasteiger partial charge in [-0.2, -0.15) is 10.4 Å². The molecule has 0 bridgehead atoms. The number of hydrogen-bond donors (Lipinski definition) is 1. The van der Waals surface area contributed by atoms with Crippen molar-refractivity contribution in [3.63, 3.8) is 0 Å². The molecule has 0 aromatic carbocycles. The van der Waals surface area contributed by atoms with Crippen LogP contribution >= 0.6 is 0 Å². The molecule has 0 saturated carbocycles. The molecule has 0 aliphatic heterocycles. The molecule has 1 aromatic heterocycles. The maximum Gasteiger partial charge on any atom is 0.162 e. The predicted octanol–water partition coefficient (Wildman–Crippen LogP) is 0.590. The van der Waals surface area contributed by atoms with Gasteiger partial charge in [0.05, 0.1) is 0 Å². The van der Waals surface area contributed by atoms with Crippen molar-refractivity contribution in [2.45, 2.75) is 6.85 Å². The van der Waals surface area contributed by atoms with Gasteiger partial charge in [-0.1, -0.05) is 0 Å². The fraction of sp³-hybridized carbons (Fsp3) is 0.200. The smallest absolute Gasteiger partial charge is 0.162 e. The molecule has 0 spiro atoms. The number of H-pyrrole nitrogens is 1. The Bertz CT molecular complexity index is 293. The van der Waals surface area contributed by atoms with Gasteiger partial charge in [0.15, 0.2) is 5.69 Å². The molecule has 40 valence electrons. The number of hydrogen-bond acceptors (Lipinski definition) is 2. The summed E-state index contributed by atoms with van der Waals surface area (Å²) in [5.41, 5.74) is 0.0881. The van der Waals surface area contributed by atoms with Crippen LogP contribution in [0.5, 0.6) is 0 Å². The van der Waals surface area contributed by atoms with Crippen molar-refractivity contribution >= 4 is 0 Å². The van der Waals surface area contributed by atoms with Crippen molar-refractivity contribution in [3.05, 3.63) is 17.5 Å². The first-order valence-corrected chi connectivity index (χ1v) is 2.00. The van der Waals surface area contributed by atoms with Crippen LogP contribution in [0.25, 0.3) is 0 Å². The van der Waals surface area contributed by atoms with E-state index in [1.54, 1.807) is 6.07 Å². The van der Waals surface area contributed by atoms with E-state index in [0.29, 0.717) is 0 Å². The highest BCUT2D eigenvalue weighted by Crippen LogP contribution is 1.92. The van der Waals surface area contributed by atoms with Crippen LogP contribution in [0.3, 0.4) is 0 Å². The Morgan fingerprint density at radius 3 is 3.38 bits per heavy atom. The number of nitrogens with zero attached hydrogens (tertiary/aromatic N) is 2. The normalized spacial score (nSPS) is 15.6. The molecule has 8 heavy (non-hydrogen) atoms. The molecule has 1 aromatic rings. The molecular weight excluding hydrogens is 102 g/mol. The molecule has 3 heteroatoms. The zero-order valence-electron chi connectivity index (χ0n) is 6.97. The van der Waals surface area contributed by atoms with E-state index in [0.717, 1.165) is 0 Å². The lowest BCUT2D eigenvalue weighted by atomic mass is 10.4. The summed E-state index contributed by atoms with van der Waals surface area (Å²) < 4.78 is 20.7. The molecule has 0 radical (unpaired) electrons. The highest BCUT2D eigenvalue weighted by atomic mass is 15.1. The van der Waals surface area contributed by atoms with Gasteiger partial charge >= 0.3 is 0 Å². The summed E-state index contributed by atoms with van der Waals surface area (Å²) in [5.74, 6) is 0. The van der Waals surface area contributed by atoms with Crippen molar-refractivity contribution < 1.29 is 4.11 Å². The number of aryl methyl sites for hydroxylation is 1. The van der Waals surface area contributed by atoms with Gasteiger partial charge in [0.25, 0.3) is 0 Å². The highest BCUT2D eigenvalue weighted by Gasteiger charge is 1.90. The van der Waals surface area contributed by atoms with Crippen LogP contribution in [0.4, 0.5) is 0 Å². The number of nitrogens with one attached hydrogen (secondary N) is 1. The summed E-state index contributed by atoms with van der Waals surface area (Å²) in [6.07, 6.45) is 0. The quantitative estimate of drug-likeness (QED) is 0.531. The number of aromatic amines is 1. The van der Waals surface area contributed by atoms with E-state index < -0.39 is 6.85 Å². The summed E-state index contributed by atoms with van der Waals surface area (Å²) in [6, 6.07) is 2.94. The Balaban J connectivity index is 3.01. The van der Waals surface area contributed by atoms with Crippen LogP contribution in [0, 0.1) is 18.2 Å². The zero-order valence-corrected chi connectivity index (χ0v) is 3.97. The van der Waals surface area contributed by atoms with E-state index in [-0.39, 0.29) is 11.4 Å². The van der Waals surface area contributed by atoms with E-state index in [2.05, 4.69) is 10.2 Å². The molecule has 0 unspecified atom stereocenters. The minimum absolute atomic E-state index is 0.00551. The van der Waals surface area contributed by atoms with Crippen molar-refractivity contribution in [3.8, 4) is 6.07 Å². The minimum atomic E-state index is -2.21. The first-order chi connectivity index (χ1) is 5.04. The Morgan fingerprint density at radius 2 is 3.00 bits per heavy atom. The van der Waals surface area contributed by atoms with Gasteiger partial charge in [-0.15, -0.1) is 0 Å². The summed E-state index contributed by atoms with van der Waals surface area (Å²) in [5, 5.41) is 14.0. The third-order valence-corrected chi connectivity index (χ3v) is 0.692. The zero-order chi connectivity index (χ0) is 8.48.